The maximum Gasteiger partial charge on any atom is 0.311 e. The van der Waals surface area contributed by atoms with Gasteiger partial charge in [0.05, 0.1) is 18.7 Å². The topological polar surface area (TPSA) is 102 Å². The summed E-state index contributed by atoms with van der Waals surface area (Å²) in [6.45, 7) is 1.06. The van der Waals surface area contributed by atoms with Gasteiger partial charge in [0.1, 0.15) is 5.75 Å². The Labute approximate surface area is 184 Å². The highest BCUT2D eigenvalue weighted by molar-refractivity contribution is 6.31. The minimum absolute atomic E-state index is 0.0391. The van der Waals surface area contributed by atoms with E-state index >= 15 is 0 Å². The molecule has 0 aromatic heterocycles. The lowest BCUT2D eigenvalue weighted by molar-refractivity contribution is -0.151. The number of carbonyl (C=O) groups is 4. The maximum absolute atomic E-state index is 12.4. The molecule has 9 heteroatoms. The molecule has 1 saturated heterocycles. The van der Waals surface area contributed by atoms with Crippen LogP contribution in [0.4, 0.5) is 11.4 Å². The summed E-state index contributed by atoms with van der Waals surface area (Å²) in [5, 5.41) is 3.02. The highest BCUT2D eigenvalue weighted by atomic mass is 35.5. The van der Waals surface area contributed by atoms with Crippen molar-refractivity contribution < 1.29 is 28.7 Å². The molecule has 0 spiro atoms. The van der Waals surface area contributed by atoms with Gasteiger partial charge in [-0.15, -0.1) is 0 Å². The van der Waals surface area contributed by atoms with Gasteiger partial charge in [-0.05, 0) is 49.4 Å². The van der Waals surface area contributed by atoms with E-state index in [4.69, 9.17) is 21.1 Å². The number of nitrogens with zero attached hydrogens (tertiary/aromatic N) is 1. The minimum atomic E-state index is -0.709. The molecule has 0 aliphatic carbocycles. The molecule has 1 N–H and O–H groups in total. The number of methoxy groups -OCH3 is 1. The van der Waals surface area contributed by atoms with Crippen LogP contribution in [-0.2, 0) is 19.1 Å². The highest BCUT2D eigenvalue weighted by Crippen LogP contribution is 2.35. The Balaban J connectivity index is 1.55. The number of nitrogens with one attached hydrogen (secondary N) is 1. The molecule has 1 aliphatic rings. The van der Waals surface area contributed by atoms with E-state index in [2.05, 4.69) is 5.32 Å². The predicted molar refractivity (Wildman–Crippen MR) is 114 cm³/mol. The molecular weight excluding hydrogens is 424 g/mol. The van der Waals surface area contributed by atoms with Gasteiger partial charge >= 0.3 is 5.97 Å². The quantitative estimate of drug-likeness (QED) is 0.520. The van der Waals surface area contributed by atoms with Crippen molar-refractivity contribution in [2.24, 2.45) is 5.92 Å². The summed E-state index contributed by atoms with van der Waals surface area (Å²) in [6.07, 6.45) is -0.0391. The first-order valence-corrected chi connectivity index (χ1v) is 9.87. The lowest BCUT2D eigenvalue weighted by Gasteiger charge is -2.19. The minimum Gasteiger partial charge on any atom is -0.495 e. The molecule has 1 heterocycles. The average Bonchev–Trinajstić information content (AvgIpc) is 3.14. The number of hydrogen-bond acceptors (Lipinski definition) is 6. The van der Waals surface area contributed by atoms with Crippen LogP contribution in [-0.4, -0.2) is 43.8 Å². The Kier molecular flexibility index (Phi) is 6.91. The number of benzene rings is 2. The van der Waals surface area contributed by atoms with Crippen molar-refractivity contribution in [3.63, 3.8) is 0 Å². The van der Waals surface area contributed by atoms with Crippen LogP contribution in [0.2, 0.25) is 5.02 Å². The van der Waals surface area contributed by atoms with E-state index in [1.54, 1.807) is 42.5 Å². The van der Waals surface area contributed by atoms with Crippen LogP contribution >= 0.6 is 11.6 Å². The van der Waals surface area contributed by atoms with E-state index < -0.39 is 24.4 Å². The first-order chi connectivity index (χ1) is 14.8. The molecule has 2 amide bonds. The second-order valence-corrected chi connectivity index (χ2v) is 7.45. The third-order valence-corrected chi connectivity index (χ3v) is 5.05. The normalized spacial score (nSPS) is 15.5. The van der Waals surface area contributed by atoms with Crippen LogP contribution in [0, 0.1) is 5.92 Å². The van der Waals surface area contributed by atoms with Gasteiger partial charge in [-0.25, -0.2) is 0 Å². The van der Waals surface area contributed by atoms with Crippen LogP contribution < -0.4 is 15.0 Å². The molecule has 162 valence electrons. The summed E-state index contributed by atoms with van der Waals surface area (Å²) in [7, 11) is 1.48. The van der Waals surface area contributed by atoms with Crippen molar-refractivity contribution in [2.75, 3.05) is 30.5 Å². The number of rotatable bonds is 7. The fourth-order valence-corrected chi connectivity index (χ4v) is 3.38. The number of esters is 1. The van der Waals surface area contributed by atoms with Crippen LogP contribution in [0.15, 0.2) is 42.5 Å². The van der Waals surface area contributed by atoms with Crippen LogP contribution in [0.5, 0.6) is 5.75 Å². The average molecular weight is 445 g/mol. The Morgan fingerprint density at radius 1 is 1.16 bits per heavy atom. The van der Waals surface area contributed by atoms with Gasteiger partial charge in [0.15, 0.2) is 12.4 Å². The Morgan fingerprint density at radius 2 is 1.87 bits per heavy atom. The molecule has 1 aliphatic heterocycles. The van der Waals surface area contributed by atoms with Gasteiger partial charge in [-0.3, -0.25) is 19.2 Å². The summed E-state index contributed by atoms with van der Waals surface area (Å²) >= 11 is 6.03. The number of halogens is 1. The van der Waals surface area contributed by atoms with E-state index in [1.165, 1.54) is 18.9 Å². The third kappa shape index (κ3) is 5.40. The predicted octanol–water partition coefficient (Wildman–Crippen LogP) is 3.09. The van der Waals surface area contributed by atoms with Crippen LogP contribution in [0.3, 0.4) is 0 Å². The summed E-state index contributed by atoms with van der Waals surface area (Å²) in [5.74, 6) is -1.76. The van der Waals surface area contributed by atoms with Crippen molar-refractivity contribution in [1.82, 2.24) is 0 Å². The zero-order valence-corrected chi connectivity index (χ0v) is 17.8. The van der Waals surface area contributed by atoms with Gasteiger partial charge in [0.25, 0.3) is 5.91 Å². The van der Waals surface area contributed by atoms with Crippen molar-refractivity contribution in [3.05, 3.63) is 53.1 Å². The molecule has 0 radical (unpaired) electrons. The molecule has 2 aromatic carbocycles. The number of carbonyl (C=O) groups excluding carboxylic acids is 4. The summed E-state index contributed by atoms with van der Waals surface area (Å²) < 4.78 is 10.4. The molecule has 31 heavy (non-hydrogen) atoms. The zero-order chi connectivity index (χ0) is 22.5. The second-order valence-electron chi connectivity index (χ2n) is 7.01. The molecule has 1 atom stereocenters. The smallest absolute Gasteiger partial charge is 0.311 e. The largest absolute Gasteiger partial charge is 0.495 e. The molecule has 2 aromatic rings. The molecule has 0 bridgehead atoms. The van der Waals surface area contributed by atoms with E-state index in [-0.39, 0.29) is 24.7 Å². The standard InChI is InChI=1S/C22H21ClN2O6/c1-13(26)14-3-6-17(7-4-14)24-20(27)12-31-22(29)15-9-21(28)25(11-15)18-10-16(23)5-8-19(18)30-2/h3-8,10,15H,9,11-12H2,1-2H3,(H,24,27)/t15-/m1/s1. The maximum atomic E-state index is 12.4. The monoisotopic (exact) mass is 444 g/mol. The summed E-state index contributed by atoms with van der Waals surface area (Å²) in [4.78, 5) is 49.6. The van der Waals surface area contributed by atoms with Gasteiger partial charge in [-0.1, -0.05) is 11.6 Å². The van der Waals surface area contributed by atoms with Crippen LogP contribution in [0.1, 0.15) is 23.7 Å². The lowest BCUT2D eigenvalue weighted by Crippen LogP contribution is -2.28. The van der Waals surface area contributed by atoms with Crippen molar-refractivity contribution in [2.45, 2.75) is 13.3 Å². The number of anilines is 2. The number of amides is 2. The summed E-state index contributed by atoms with van der Waals surface area (Å²) in [5.41, 5.74) is 1.47. The second kappa shape index (κ2) is 9.61. The van der Waals surface area contributed by atoms with E-state index in [9.17, 15) is 19.2 Å². The van der Waals surface area contributed by atoms with Gasteiger partial charge in [0.2, 0.25) is 5.91 Å². The van der Waals surface area contributed by atoms with Crippen molar-refractivity contribution in [1.29, 1.82) is 0 Å². The molecule has 3 rings (SSSR count). The molecule has 0 unspecified atom stereocenters. The highest BCUT2D eigenvalue weighted by Gasteiger charge is 2.37. The lowest BCUT2D eigenvalue weighted by atomic mass is 10.1. The Bertz CT molecular complexity index is 1020. The molecular formula is C22H21ClN2O6. The van der Waals surface area contributed by atoms with E-state index in [0.29, 0.717) is 27.7 Å². The molecule has 1 fully saturated rings. The van der Waals surface area contributed by atoms with E-state index in [1.807, 2.05) is 0 Å². The first kappa shape index (κ1) is 22.3. The van der Waals surface area contributed by atoms with Crippen molar-refractivity contribution >= 4 is 46.5 Å². The third-order valence-electron chi connectivity index (χ3n) is 4.81. The Hall–Kier alpha value is -3.39. The molecule has 8 nitrogen and oxygen atoms in total. The number of hydrogen-bond donors (Lipinski definition) is 1. The van der Waals surface area contributed by atoms with Gasteiger partial charge < -0.3 is 19.7 Å². The van der Waals surface area contributed by atoms with E-state index in [0.717, 1.165) is 0 Å². The Morgan fingerprint density at radius 3 is 2.52 bits per heavy atom. The first-order valence-electron chi connectivity index (χ1n) is 9.50. The molecule has 0 saturated carbocycles. The van der Waals surface area contributed by atoms with Gasteiger partial charge in [0, 0.05) is 29.2 Å². The summed E-state index contributed by atoms with van der Waals surface area (Å²) in [6, 6.07) is 11.2. The zero-order valence-electron chi connectivity index (χ0n) is 17.0. The fraction of sp³-hybridized carbons (Fsp3) is 0.273. The number of ether oxygens (including phenoxy) is 2. The fourth-order valence-electron chi connectivity index (χ4n) is 3.21. The van der Waals surface area contributed by atoms with Crippen molar-refractivity contribution in [3.8, 4) is 5.75 Å². The SMILES string of the molecule is COc1ccc(Cl)cc1N1C[C@H](C(=O)OCC(=O)Nc2ccc(C(C)=O)cc2)CC1=O. The number of ketones is 1. The number of Topliss-reactive ketones (excluding diaryl/α,β-unsaturated/α-hetero) is 1. The van der Waals surface area contributed by atoms with Crippen LogP contribution in [0.25, 0.3) is 0 Å². The van der Waals surface area contributed by atoms with Gasteiger partial charge in [-0.2, -0.15) is 0 Å².